The van der Waals surface area contributed by atoms with Gasteiger partial charge in [-0.15, -0.1) is 0 Å². The van der Waals surface area contributed by atoms with Crippen LogP contribution < -0.4 is 9.91 Å². The first kappa shape index (κ1) is 25.6. The van der Waals surface area contributed by atoms with E-state index in [1.165, 1.54) is 17.2 Å². The summed E-state index contributed by atoms with van der Waals surface area (Å²) < 4.78 is 0. The van der Waals surface area contributed by atoms with E-state index in [9.17, 15) is 0 Å². The monoisotopic (exact) mass is 475 g/mol. The topological polar surface area (TPSA) is 18.8 Å². The van der Waals surface area contributed by atoms with Crippen LogP contribution in [0.2, 0.25) is 0 Å². The summed E-state index contributed by atoms with van der Waals surface area (Å²) in [4.78, 5) is 2.12. The van der Waals surface area contributed by atoms with Gasteiger partial charge in [-0.05, 0) is 93.7 Å². The molecule has 1 aliphatic heterocycles. The zero-order chi connectivity index (χ0) is 22.2. The molecule has 0 saturated heterocycles. The Bertz CT molecular complexity index is 871. The molecule has 1 heterocycles. The van der Waals surface area contributed by atoms with E-state index in [0.717, 1.165) is 17.8 Å². The van der Waals surface area contributed by atoms with E-state index in [-0.39, 0.29) is 23.1 Å². The molecule has 3 nitrogen and oxygen atoms in total. The summed E-state index contributed by atoms with van der Waals surface area (Å²) in [6.45, 7) is 0. The van der Waals surface area contributed by atoms with Crippen LogP contribution in [0.1, 0.15) is 18.0 Å². The average Bonchev–Trinajstić information content (AvgIpc) is 3.62. The van der Waals surface area contributed by atoms with Crippen molar-refractivity contribution in [2.24, 2.45) is 5.10 Å². The van der Waals surface area contributed by atoms with Crippen LogP contribution in [0.25, 0.3) is 0 Å². The molecule has 2 fully saturated rings. The van der Waals surface area contributed by atoms with E-state index < -0.39 is 0 Å². The fourth-order valence-electron chi connectivity index (χ4n) is 3.72. The number of rotatable bonds is 5. The van der Waals surface area contributed by atoms with Gasteiger partial charge in [0.2, 0.25) is 0 Å². The first-order valence-corrected chi connectivity index (χ1v) is 11.0. The van der Waals surface area contributed by atoms with Crippen molar-refractivity contribution in [2.75, 3.05) is 24.0 Å². The smallest absolute Gasteiger partial charge is 0.378 e. The summed E-state index contributed by atoms with van der Waals surface area (Å²) >= 11 is 0. The van der Waals surface area contributed by atoms with Crippen molar-refractivity contribution < 1.29 is 17.1 Å². The van der Waals surface area contributed by atoms with Gasteiger partial charge in [-0.3, -0.25) is 5.01 Å². The number of benzene rings is 2. The molecule has 5 rings (SSSR count). The van der Waals surface area contributed by atoms with E-state index in [1.807, 2.05) is 38.2 Å². The molecule has 0 amide bonds. The van der Waals surface area contributed by atoms with Gasteiger partial charge in [-0.2, -0.15) is 5.10 Å². The number of allylic oxidation sites excluding steroid dienone is 2. The first-order chi connectivity index (χ1) is 15.7. The van der Waals surface area contributed by atoms with Crippen LogP contribution in [0, 0.1) is 63.7 Å². The molecule has 2 aliphatic carbocycles. The number of hydrazone groups is 1. The zero-order valence-electron chi connectivity index (χ0n) is 19.0. The van der Waals surface area contributed by atoms with Gasteiger partial charge in [0.15, 0.2) is 0 Å². The van der Waals surface area contributed by atoms with Crippen LogP contribution in [-0.2, 0) is 17.1 Å². The van der Waals surface area contributed by atoms with Gasteiger partial charge in [-0.1, -0.05) is 36.4 Å². The Morgan fingerprint density at radius 3 is 1.97 bits per heavy atom. The molecule has 0 bridgehead atoms. The molecular formula is C29H29FeN3+2. The van der Waals surface area contributed by atoms with E-state index in [0.29, 0.717) is 0 Å². The summed E-state index contributed by atoms with van der Waals surface area (Å²) in [6, 6.07) is 19.4. The third-order valence-electron chi connectivity index (χ3n) is 5.46. The van der Waals surface area contributed by atoms with E-state index in [4.69, 9.17) is 5.10 Å². The number of nitrogens with zero attached hydrogens (tertiary/aromatic N) is 3. The minimum atomic E-state index is 0. The molecule has 1 unspecified atom stereocenters. The van der Waals surface area contributed by atoms with Gasteiger partial charge >= 0.3 is 17.1 Å². The Kier molecular flexibility index (Phi) is 10.1. The van der Waals surface area contributed by atoms with Gasteiger partial charge < -0.3 is 4.90 Å². The maximum Gasteiger partial charge on any atom is 2.00 e. The van der Waals surface area contributed by atoms with Crippen LogP contribution in [0.4, 0.5) is 11.4 Å². The minimum absolute atomic E-state index is 0. The fraction of sp³-hybridized carbons (Fsp3) is 0.138. The molecule has 2 aromatic rings. The van der Waals surface area contributed by atoms with E-state index in [1.54, 1.807) is 0 Å². The Morgan fingerprint density at radius 1 is 0.788 bits per heavy atom. The number of anilines is 2. The van der Waals surface area contributed by atoms with E-state index in [2.05, 4.69) is 110 Å². The van der Waals surface area contributed by atoms with Gasteiger partial charge in [0.05, 0.1) is 17.4 Å². The summed E-state index contributed by atoms with van der Waals surface area (Å²) in [5, 5.41) is 7.07. The largest absolute Gasteiger partial charge is 2.00 e. The van der Waals surface area contributed by atoms with Crippen molar-refractivity contribution in [3.63, 3.8) is 0 Å². The summed E-state index contributed by atoms with van der Waals surface area (Å²) in [6.07, 6.45) is 23.5. The van der Waals surface area contributed by atoms with Crippen LogP contribution >= 0.6 is 0 Å². The summed E-state index contributed by atoms with van der Waals surface area (Å²) in [7, 11) is 4.13. The van der Waals surface area contributed by atoms with Crippen LogP contribution in [0.3, 0.4) is 0 Å². The minimum Gasteiger partial charge on any atom is -0.378 e. The normalized spacial score (nSPS) is 20.4. The molecule has 0 aromatic heterocycles. The Labute approximate surface area is 211 Å². The average molecular weight is 475 g/mol. The number of para-hydroxylation sites is 1. The standard InChI is InChI=1S/C24H24N3.C5H5.Fe/c1-26(2)22-16-13-20(14-17-22)24-18-21(15-12-19-8-6-7-9-19)25-27(24)23-10-4-3-5-11-23;1-2-4-5-3-1;/h3-17,24H,18H2,1-2H3;1-5H;/q;;+2/b15-12+;;. The Hall–Kier alpha value is -2.03. The molecule has 10 radical (unpaired) electrons. The van der Waals surface area contributed by atoms with Gasteiger partial charge in [0, 0.05) is 32.1 Å². The second-order valence-corrected chi connectivity index (χ2v) is 7.99. The number of hydrogen-bond donors (Lipinski definition) is 0. The molecule has 2 aromatic carbocycles. The van der Waals surface area contributed by atoms with Crippen molar-refractivity contribution in [2.45, 2.75) is 12.5 Å². The third-order valence-corrected chi connectivity index (χ3v) is 5.46. The molecule has 3 aliphatic rings. The van der Waals surface area contributed by atoms with Crippen molar-refractivity contribution in [3.8, 4) is 0 Å². The molecule has 0 N–H and O–H groups in total. The maximum absolute atomic E-state index is 4.93. The SMILES string of the molecule is CN(C)c1ccc(C2CC(/C=C/[C]3[CH][CH][CH][CH]3)=NN2c2ccccc2)cc1.[CH]1[CH][CH][CH][CH]1.[Fe+2]. The third kappa shape index (κ3) is 7.22. The predicted molar refractivity (Wildman–Crippen MR) is 136 cm³/mol. The number of hydrogen-bond acceptors (Lipinski definition) is 3. The summed E-state index contributed by atoms with van der Waals surface area (Å²) in [5.41, 5.74) is 4.71. The van der Waals surface area contributed by atoms with Gasteiger partial charge in [0.25, 0.3) is 0 Å². The van der Waals surface area contributed by atoms with Gasteiger partial charge in [-0.25, -0.2) is 0 Å². The van der Waals surface area contributed by atoms with Crippen molar-refractivity contribution in [1.82, 2.24) is 0 Å². The molecule has 1 atom stereocenters. The molecule has 0 spiro atoms. The van der Waals surface area contributed by atoms with Gasteiger partial charge in [0.1, 0.15) is 0 Å². The zero-order valence-corrected chi connectivity index (χ0v) is 20.1. The van der Waals surface area contributed by atoms with Crippen LogP contribution in [0.5, 0.6) is 0 Å². The molecule has 166 valence electrons. The fourth-order valence-corrected chi connectivity index (χ4v) is 3.72. The molecule has 2 saturated carbocycles. The first-order valence-electron chi connectivity index (χ1n) is 11.0. The van der Waals surface area contributed by atoms with Crippen LogP contribution in [0.15, 0.2) is 71.9 Å². The van der Waals surface area contributed by atoms with Crippen molar-refractivity contribution >= 4 is 17.1 Å². The molecular weight excluding hydrogens is 446 g/mol. The van der Waals surface area contributed by atoms with E-state index >= 15 is 0 Å². The second-order valence-electron chi connectivity index (χ2n) is 7.99. The van der Waals surface area contributed by atoms with Crippen molar-refractivity contribution in [3.05, 3.63) is 136 Å². The van der Waals surface area contributed by atoms with Crippen LogP contribution in [-0.4, -0.2) is 19.8 Å². The molecule has 33 heavy (non-hydrogen) atoms. The maximum atomic E-state index is 4.93. The second kappa shape index (κ2) is 13.0. The van der Waals surface area contributed by atoms with Crippen molar-refractivity contribution in [1.29, 1.82) is 0 Å². The Morgan fingerprint density at radius 2 is 1.39 bits per heavy atom. The molecule has 4 heteroatoms. The Balaban J connectivity index is 0.000000453. The quantitative estimate of drug-likeness (QED) is 0.491. The predicted octanol–water partition coefficient (Wildman–Crippen LogP) is 6.04. The summed E-state index contributed by atoms with van der Waals surface area (Å²) in [5.74, 6) is 1.21.